The van der Waals surface area contributed by atoms with Crippen LogP contribution in [0.5, 0.6) is 0 Å². The zero-order valence-corrected chi connectivity index (χ0v) is 11.6. The first-order valence-corrected chi connectivity index (χ1v) is 7.05. The van der Waals surface area contributed by atoms with Crippen LogP contribution in [0.25, 0.3) is 0 Å². The lowest BCUT2D eigenvalue weighted by atomic mass is 10.1. The van der Waals surface area contributed by atoms with Gasteiger partial charge >= 0.3 is 5.97 Å². The summed E-state index contributed by atoms with van der Waals surface area (Å²) in [7, 11) is 0. The van der Waals surface area contributed by atoms with Crippen LogP contribution in [0.4, 0.5) is 5.82 Å². The third-order valence-electron chi connectivity index (χ3n) is 3.73. The summed E-state index contributed by atoms with van der Waals surface area (Å²) in [5.41, 5.74) is 1.14. The van der Waals surface area contributed by atoms with Crippen LogP contribution in [-0.4, -0.2) is 22.6 Å². The first-order valence-electron chi connectivity index (χ1n) is 7.05. The van der Waals surface area contributed by atoms with E-state index in [1.807, 2.05) is 13.8 Å². The van der Waals surface area contributed by atoms with Gasteiger partial charge in [0.1, 0.15) is 5.82 Å². The molecule has 0 amide bonds. The highest BCUT2D eigenvalue weighted by Gasteiger charge is 2.16. The summed E-state index contributed by atoms with van der Waals surface area (Å²) in [5.74, 6) is 0.729. The molecule has 1 saturated carbocycles. The van der Waals surface area contributed by atoms with E-state index in [1.165, 1.54) is 25.7 Å². The van der Waals surface area contributed by atoms with Crippen molar-refractivity contribution in [3.8, 4) is 0 Å². The molecule has 4 heteroatoms. The van der Waals surface area contributed by atoms with E-state index in [4.69, 9.17) is 5.11 Å². The molecule has 0 unspecified atom stereocenters. The van der Waals surface area contributed by atoms with Crippen molar-refractivity contribution in [3.63, 3.8) is 0 Å². The predicted molar refractivity (Wildman–Crippen MR) is 75.7 cm³/mol. The van der Waals surface area contributed by atoms with Crippen LogP contribution in [0, 0.1) is 5.92 Å². The third kappa shape index (κ3) is 3.69. The van der Waals surface area contributed by atoms with E-state index < -0.39 is 5.97 Å². The molecular weight excluding hydrogens is 240 g/mol. The Kier molecular flexibility index (Phi) is 4.40. The Balaban J connectivity index is 2.11. The van der Waals surface area contributed by atoms with Crippen LogP contribution in [0.2, 0.25) is 0 Å². The maximum Gasteiger partial charge on any atom is 0.335 e. The van der Waals surface area contributed by atoms with Gasteiger partial charge in [0.15, 0.2) is 0 Å². The van der Waals surface area contributed by atoms with E-state index in [1.54, 1.807) is 12.1 Å². The molecule has 0 atom stereocenters. The lowest BCUT2D eigenvalue weighted by Crippen LogP contribution is -2.13. The molecule has 1 aliphatic rings. The third-order valence-corrected chi connectivity index (χ3v) is 3.73. The molecule has 1 heterocycles. The topological polar surface area (TPSA) is 62.2 Å². The second kappa shape index (κ2) is 6.04. The molecular formula is C15H22N2O2. The number of hydrogen-bond donors (Lipinski definition) is 2. The Labute approximate surface area is 114 Å². The van der Waals surface area contributed by atoms with Crippen molar-refractivity contribution in [1.29, 1.82) is 0 Å². The van der Waals surface area contributed by atoms with Crippen molar-refractivity contribution in [3.05, 3.63) is 23.4 Å². The molecule has 0 bridgehead atoms. The molecule has 19 heavy (non-hydrogen) atoms. The number of rotatable bonds is 5. The Hall–Kier alpha value is -1.58. The molecule has 2 N–H and O–H groups in total. The summed E-state index contributed by atoms with van der Waals surface area (Å²) in [4.78, 5) is 15.6. The monoisotopic (exact) mass is 262 g/mol. The number of anilines is 1. The quantitative estimate of drug-likeness (QED) is 0.852. The lowest BCUT2D eigenvalue weighted by Gasteiger charge is -2.14. The van der Waals surface area contributed by atoms with Crippen LogP contribution < -0.4 is 5.32 Å². The summed E-state index contributed by atoms with van der Waals surface area (Å²) in [6.45, 7) is 4.94. The maximum absolute atomic E-state index is 11.1. The number of carboxylic acid groups (broad SMARTS) is 1. The van der Waals surface area contributed by atoms with Crippen molar-refractivity contribution in [2.75, 3.05) is 11.9 Å². The molecule has 2 rings (SSSR count). The molecule has 104 valence electrons. The summed E-state index contributed by atoms with van der Waals surface area (Å²) in [6, 6.07) is 3.29. The van der Waals surface area contributed by atoms with Crippen LogP contribution >= 0.6 is 0 Å². The Bertz CT molecular complexity index is 451. The van der Waals surface area contributed by atoms with E-state index in [2.05, 4.69) is 10.3 Å². The predicted octanol–water partition coefficient (Wildman–Crippen LogP) is 3.51. The van der Waals surface area contributed by atoms with Gasteiger partial charge in [0, 0.05) is 12.2 Å². The fourth-order valence-corrected chi connectivity index (χ4v) is 2.53. The minimum atomic E-state index is -0.895. The molecule has 1 aromatic heterocycles. The van der Waals surface area contributed by atoms with Crippen LogP contribution in [-0.2, 0) is 0 Å². The minimum Gasteiger partial charge on any atom is -0.478 e. The fourth-order valence-electron chi connectivity index (χ4n) is 2.53. The van der Waals surface area contributed by atoms with Gasteiger partial charge in [0.2, 0.25) is 0 Å². The zero-order valence-electron chi connectivity index (χ0n) is 11.6. The van der Waals surface area contributed by atoms with Crippen molar-refractivity contribution in [2.24, 2.45) is 5.92 Å². The molecule has 1 aromatic rings. The summed E-state index contributed by atoms with van der Waals surface area (Å²) in [6.07, 6.45) is 5.16. The van der Waals surface area contributed by atoms with Gasteiger partial charge in [-0.15, -0.1) is 0 Å². The second-order valence-corrected chi connectivity index (χ2v) is 5.66. The molecule has 4 nitrogen and oxygen atoms in total. The Morgan fingerprint density at radius 1 is 1.42 bits per heavy atom. The first-order chi connectivity index (χ1) is 9.06. The number of carboxylic acids is 1. The van der Waals surface area contributed by atoms with Gasteiger partial charge < -0.3 is 10.4 Å². The lowest BCUT2D eigenvalue weighted by molar-refractivity contribution is 0.0696. The molecule has 0 aromatic carbocycles. The van der Waals surface area contributed by atoms with E-state index in [-0.39, 0.29) is 5.92 Å². The van der Waals surface area contributed by atoms with Crippen molar-refractivity contribution in [1.82, 2.24) is 4.98 Å². The van der Waals surface area contributed by atoms with E-state index >= 15 is 0 Å². The van der Waals surface area contributed by atoms with E-state index in [0.29, 0.717) is 17.3 Å². The molecule has 0 spiro atoms. The SMILES string of the molecule is CC(C)c1cc(C(=O)O)cc(NCC2CCCC2)n1. The van der Waals surface area contributed by atoms with Crippen molar-refractivity contribution in [2.45, 2.75) is 45.4 Å². The molecule has 0 saturated heterocycles. The van der Waals surface area contributed by atoms with Gasteiger partial charge in [-0.2, -0.15) is 0 Å². The average molecular weight is 262 g/mol. The normalized spacial score (nSPS) is 15.9. The number of aromatic nitrogens is 1. The number of aromatic carboxylic acids is 1. The Morgan fingerprint density at radius 3 is 2.68 bits per heavy atom. The number of carbonyl (C=O) groups is 1. The first kappa shape index (κ1) is 13.8. The summed E-state index contributed by atoms with van der Waals surface area (Å²) < 4.78 is 0. The molecule has 1 aliphatic carbocycles. The van der Waals surface area contributed by atoms with E-state index in [0.717, 1.165) is 12.2 Å². The molecule has 1 fully saturated rings. The van der Waals surface area contributed by atoms with E-state index in [9.17, 15) is 4.79 Å². The van der Waals surface area contributed by atoms with Crippen LogP contribution in [0.15, 0.2) is 12.1 Å². The number of nitrogens with one attached hydrogen (secondary N) is 1. The summed E-state index contributed by atoms with van der Waals surface area (Å²) >= 11 is 0. The highest BCUT2D eigenvalue weighted by atomic mass is 16.4. The van der Waals surface area contributed by atoms with Crippen molar-refractivity contribution >= 4 is 11.8 Å². The minimum absolute atomic E-state index is 0.228. The highest BCUT2D eigenvalue weighted by Crippen LogP contribution is 2.25. The molecule has 0 radical (unpaired) electrons. The second-order valence-electron chi connectivity index (χ2n) is 5.66. The van der Waals surface area contributed by atoms with Gasteiger partial charge in [0.25, 0.3) is 0 Å². The standard InChI is InChI=1S/C15H22N2O2/c1-10(2)13-7-12(15(18)19)8-14(17-13)16-9-11-5-3-4-6-11/h7-8,10-11H,3-6,9H2,1-2H3,(H,16,17)(H,18,19). The number of pyridine rings is 1. The van der Waals surface area contributed by atoms with Gasteiger partial charge in [0.05, 0.1) is 5.56 Å². The van der Waals surface area contributed by atoms with Crippen molar-refractivity contribution < 1.29 is 9.90 Å². The van der Waals surface area contributed by atoms with Gasteiger partial charge in [-0.3, -0.25) is 0 Å². The summed E-state index contributed by atoms with van der Waals surface area (Å²) in [5, 5.41) is 12.4. The van der Waals surface area contributed by atoms with Gasteiger partial charge in [-0.05, 0) is 36.8 Å². The number of hydrogen-bond acceptors (Lipinski definition) is 3. The van der Waals surface area contributed by atoms with Crippen LogP contribution in [0.1, 0.15) is 61.5 Å². The highest BCUT2D eigenvalue weighted by molar-refractivity contribution is 5.88. The smallest absolute Gasteiger partial charge is 0.335 e. The maximum atomic E-state index is 11.1. The Morgan fingerprint density at radius 2 is 2.11 bits per heavy atom. The largest absolute Gasteiger partial charge is 0.478 e. The molecule has 0 aliphatic heterocycles. The average Bonchev–Trinajstić information content (AvgIpc) is 2.89. The van der Waals surface area contributed by atoms with Crippen LogP contribution in [0.3, 0.4) is 0 Å². The fraction of sp³-hybridized carbons (Fsp3) is 0.600. The number of nitrogens with zero attached hydrogens (tertiary/aromatic N) is 1. The van der Waals surface area contributed by atoms with Gasteiger partial charge in [-0.25, -0.2) is 9.78 Å². The van der Waals surface area contributed by atoms with Gasteiger partial charge in [-0.1, -0.05) is 26.7 Å². The zero-order chi connectivity index (χ0) is 13.8.